The Morgan fingerprint density at radius 2 is 1.78 bits per heavy atom. The molecular formula is C17H35N. The molecule has 0 aromatic carbocycles. The SMILES string of the molecule is CCCCCC(C/C=C/N(C)C)CC(C)(C)CC. The van der Waals surface area contributed by atoms with E-state index in [9.17, 15) is 0 Å². The maximum Gasteiger partial charge on any atom is 0.00555 e. The Morgan fingerprint density at radius 1 is 1.11 bits per heavy atom. The van der Waals surface area contributed by atoms with Crippen LogP contribution in [0.4, 0.5) is 0 Å². The number of hydrogen-bond acceptors (Lipinski definition) is 1. The smallest absolute Gasteiger partial charge is 0.00555 e. The van der Waals surface area contributed by atoms with Crippen molar-refractivity contribution in [3.8, 4) is 0 Å². The van der Waals surface area contributed by atoms with Gasteiger partial charge in [-0.3, -0.25) is 0 Å². The summed E-state index contributed by atoms with van der Waals surface area (Å²) >= 11 is 0. The van der Waals surface area contributed by atoms with Crippen LogP contribution in [0.25, 0.3) is 0 Å². The predicted molar refractivity (Wildman–Crippen MR) is 83.8 cm³/mol. The number of nitrogens with zero attached hydrogens (tertiary/aromatic N) is 1. The highest BCUT2D eigenvalue weighted by Crippen LogP contribution is 2.33. The highest BCUT2D eigenvalue weighted by molar-refractivity contribution is 4.84. The minimum Gasteiger partial charge on any atom is -0.384 e. The molecule has 0 aromatic heterocycles. The summed E-state index contributed by atoms with van der Waals surface area (Å²) in [5.41, 5.74) is 0.503. The summed E-state index contributed by atoms with van der Waals surface area (Å²) in [4.78, 5) is 2.13. The summed E-state index contributed by atoms with van der Waals surface area (Å²) in [6.45, 7) is 9.43. The van der Waals surface area contributed by atoms with E-state index < -0.39 is 0 Å². The maximum atomic E-state index is 2.41. The summed E-state index contributed by atoms with van der Waals surface area (Å²) in [5.74, 6) is 0.864. The van der Waals surface area contributed by atoms with Crippen LogP contribution in [0.15, 0.2) is 12.3 Å². The summed E-state index contributed by atoms with van der Waals surface area (Å²) < 4.78 is 0. The molecule has 0 N–H and O–H groups in total. The fraction of sp³-hybridized carbons (Fsp3) is 0.882. The molecule has 0 rings (SSSR count). The second-order valence-electron chi connectivity index (χ2n) is 6.67. The molecule has 0 aromatic rings. The van der Waals surface area contributed by atoms with Crippen LogP contribution >= 0.6 is 0 Å². The number of rotatable bonds is 10. The third kappa shape index (κ3) is 9.56. The van der Waals surface area contributed by atoms with E-state index >= 15 is 0 Å². The number of hydrogen-bond donors (Lipinski definition) is 0. The van der Waals surface area contributed by atoms with Crippen molar-refractivity contribution in [1.82, 2.24) is 4.90 Å². The average Bonchev–Trinajstić information content (AvgIpc) is 2.28. The van der Waals surface area contributed by atoms with Crippen molar-refractivity contribution in [2.45, 2.75) is 72.6 Å². The third-order valence-electron chi connectivity index (χ3n) is 3.89. The summed E-state index contributed by atoms with van der Waals surface area (Å²) in [5, 5.41) is 0. The van der Waals surface area contributed by atoms with Gasteiger partial charge in [-0.05, 0) is 30.4 Å². The third-order valence-corrected chi connectivity index (χ3v) is 3.89. The fourth-order valence-electron chi connectivity index (χ4n) is 2.38. The van der Waals surface area contributed by atoms with E-state index in [1.54, 1.807) is 0 Å². The van der Waals surface area contributed by atoms with E-state index in [0.29, 0.717) is 5.41 Å². The first-order valence-corrected chi connectivity index (χ1v) is 7.74. The summed E-state index contributed by atoms with van der Waals surface area (Å²) in [7, 11) is 4.19. The Hall–Kier alpha value is -0.460. The molecular weight excluding hydrogens is 218 g/mol. The Labute approximate surface area is 116 Å². The Kier molecular flexibility index (Phi) is 9.23. The second kappa shape index (κ2) is 9.47. The molecule has 0 aliphatic rings. The molecule has 0 spiro atoms. The average molecular weight is 253 g/mol. The zero-order valence-electron chi connectivity index (χ0n) is 13.6. The van der Waals surface area contributed by atoms with Crippen molar-refractivity contribution in [2.24, 2.45) is 11.3 Å². The minimum atomic E-state index is 0.503. The zero-order chi connectivity index (χ0) is 14.0. The van der Waals surface area contributed by atoms with Gasteiger partial charge < -0.3 is 4.90 Å². The van der Waals surface area contributed by atoms with Gasteiger partial charge in [-0.1, -0.05) is 65.9 Å². The van der Waals surface area contributed by atoms with Crippen LogP contribution in [-0.4, -0.2) is 19.0 Å². The molecule has 1 unspecified atom stereocenters. The summed E-state index contributed by atoms with van der Waals surface area (Å²) in [6.07, 6.45) is 14.0. The Bertz CT molecular complexity index is 216. The van der Waals surface area contributed by atoms with Crippen molar-refractivity contribution >= 4 is 0 Å². The second-order valence-corrected chi connectivity index (χ2v) is 6.67. The van der Waals surface area contributed by atoms with Crippen molar-refractivity contribution in [3.63, 3.8) is 0 Å². The molecule has 0 heterocycles. The maximum absolute atomic E-state index is 2.41. The summed E-state index contributed by atoms with van der Waals surface area (Å²) in [6, 6.07) is 0. The van der Waals surface area contributed by atoms with Crippen molar-refractivity contribution in [1.29, 1.82) is 0 Å². The van der Waals surface area contributed by atoms with Gasteiger partial charge in [0.25, 0.3) is 0 Å². The van der Waals surface area contributed by atoms with E-state index in [2.05, 4.69) is 59.0 Å². The molecule has 0 saturated carbocycles. The fourth-order valence-corrected chi connectivity index (χ4v) is 2.38. The molecule has 0 aliphatic heterocycles. The molecule has 0 saturated heterocycles. The van der Waals surface area contributed by atoms with Crippen LogP contribution < -0.4 is 0 Å². The molecule has 1 nitrogen and oxygen atoms in total. The monoisotopic (exact) mass is 253 g/mol. The van der Waals surface area contributed by atoms with Crippen LogP contribution in [0.3, 0.4) is 0 Å². The molecule has 0 radical (unpaired) electrons. The van der Waals surface area contributed by atoms with Gasteiger partial charge in [-0.15, -0.1) is 0 Å². The molecule has 1 heteroatoms. The highest BCUT2D eigenvalue weighted by atomic mass is 15.0. The van der Waals surface area contributed by atoms with E-state index in [4.69, 9.17) is 0 Å². The number of allylic oxidation sites excluding steroid dienone is 1. The quantitative estimate of drug-likeness (QED) is 0.466. The van der Waals surface area contributed by atoms with Crippen LogP contribution in [0.5, 0.6) is 0 Å². The van der Waals surface area contributed by atoms with Crippen molar-refractivity contribution < 1.29 is 0 Å². The predicted octanol–water partition coefficient (Wildman–Crippen LogP) is 5.47. The lowest BCUT2D eigenvalue weighted by Gasteiger charge is -2.28. The Morgan fingerprint density at radius 3 is 2.28 bits per heavy atom. The molecule has 0 aliphatic carbocycles. The molecule has 0 amide bonds. The Balaban J connectivity index is 4.24. The van der Waals surface area contributed by atoms with Gasteiger partial charge in [-0.25, -0.2) is 0 Å². The van der Waals surface area contributed by atoms with Gasteiger partial charge in [0.2, 0.25) is 0 Å². The first kappa shape index (κ1) is 17.5. The molecule has 0 fully saturated rings. The normalized spacial score (nSPS) is 14.1. The van der Waals surface area contributed by atoms with E-state index in [0.717, 1.165) is 5.92 Å². The van der Waals surface area contributed by atoms with Gasteiger partial charge in [0, 0.05) is 14.1 Å². The lowest BCUT2D eigenvalue weighted by atomic mass is 9.78. The zero-order valence-corrected chi connectivity index (χ0v) is 13.6. The van der Waals surface area contributed by atoms with E-state index in [-0.39, 0.29) is 0 Å². The topological polar surface area (TPSA) is 3.24 Å². The van der Waals surface area contributed by atoms with Gasteiger partial charge in [0.1, 0.15) is 0 Å². The molecule has 18 heavy (non-hydrogen) atoms. The van der Waals surface area contributed by atoms with Gasteiger partial charge in [-0.2, -0.15) is 0 Å². The van der Waals surface area contributed by atoms with Crippen LogP contribution in [-0.2, 0) is 0 Å². The lowest BCUT2D eigenvalue weighted by molar-refractivity contribution is 0.245. The first-order chi connectivity index (χ1) is 8.41. The van der Waals surface area contributed by atoms with Crippen LogP contribution in [0.1, 0.15) is 72.6 Å². The standard InChI is InChI=1S/C17H35N/c1-7-9-10-12-16(13-11-14-18(5)6)15-17(3,4)8-2/h11,14,16H,7-10,12-13,15H2,1-6H3/b14-11+. The molecule has 108 valence electrons. The van der Waals surface area contributed by atoms with E-state index in [1.807, 2.05) is 0 Å². The first-order valence-electron chi connectivity index (χ1n) is 7.74. The van der Waals surface area contributed by atoms with Crippen molar-refractivity contribution in [2.75, 3.05) is 14.1 Å². The van der Waals surface area contributed by atoms with Gasteiger partial charge in [0.15, 0.2) is 0 Å². The molecule has 0 bridgehead atoms. The number of unbranched alkanes of at least 4 members (excludes halogenated alkanes) is 2. The van der Waals surface area contributed by atoms with Crippen LogP contribution in [0, 0.1) is 11.3 Å². The molecule has 1 atom stereocenters. The van der Waals surface area contributed by atoms with Crippen LogP contribution in [0.2, 0.25) is 0 Å². The van der Waals surface area contributed by atoms with Gasteiger partial charge >= 0.3 is 0 Å². The lowest BCUT2D eigenvalue weighted by Crippen LogP contribution is -2.16. The van der Waals surface area contributed by atoms with Gasteiger partial charge in [0.05, 0.1) is 0 Å². The highest BCUT2D eigenvalue weighted by Gasteiger charge is 2.20. The van der Waals surface area contributed by atoms with E-state index in [1.165, 1.54) is 44.9 Å². The minimum absolute atomic E-state index is 0.503. The van der Waals surface area contributed by atoms with Crippen molar-refractivity contribution in [3.05, 3.63) is 12.3 Å². The largest absolute Gasteiger partial charge is 0.384 e.